The Hall–Kier alpha value is -1.96. The highest BCUT2D eigenvalue weighted by molar-refractivity contribution is 7.80. The first kappa shape index (κ1) is 12.1. The molecule has 1 aromatic rings. The lowest BCUT2D eigenvalue weighted by Gasteiger charge is -2.37. The van der Waals surface area contributed by atoms with E-state index in [1.54, 1.807) is 12.4 Å². The molecule has 0 saturated carbocycles. The molecule has 8 heteroatoms. The summed E-state index contributed by atoms with van der Waals surface area (Å²) in [6, 6.07) is 0.181. The molecule has 3 rings (SSSR count). The first-order chi connectivity index (χ1) is 9.16. The second-order valence-corrected chi connectivity index (χ2v) is 5.01. The van der Waals surface area contributed by atoms with Crippen LogP contribution >= 0.6 is 12.2 Å². The number of carbonyl (C=O) groups excluding carboxylic acids is 1. The van der Waals surface area contributed by atoms with Crippen LogP contribution in [0.3, 0.4) is 0 Å². The van der Waals surface area contributed by atoms with Gasteiger partial charge in [-0.1, -0.05) is 12.2 Å². The van der Waals surface area contributed by atoms with E-state index in [0.29, 0.717) is 37.7 Å². The van der Waals surface area contributed by atoms with Crippen LogP contribution in [0.15, 0.2) is 12.4 Å². The molecule has 2 saturated heterocycles. The highest BCUT2D eigenvalue weighted by atomic mass is 32.1. The van der Waals surface area contributed by atoms with Gasteiger partial charge < -0.3 is 20.9 Å². The number of nitrogens with zero attached hydrogens (tertiary/aromatic N) is 4. The standard InChI is InChI=1S/C11H14N6OS/c12-9(19)8-10(14-2-1-13-8)16-3-4-17-7(6-16)5-15-11(17)18/h1-2,7H,3-6H2,(H2,12,19)(H,15,18). The molecule has 3 heterocycles. The third-order valence-corrected chi connectivity index (χ3v) is 3.64. The van der Waals surface area contributed by atoms with Crippen molar-refractivity contribution in [3.05, 3.63) is 18.1 Å². The fourth-order valence-corrected chi connectivity index (χ4v) is 2.68. The van der Waals surface area contributed by atoms with E-state index < -0.39 is 0 Å². The molecule has 3 N–H and O–H groups in total. The van der Waals surface area contributed by atoms with E-state index in [2.05, 4.69) is 20.2 Å². The lowest BCUT2D eigenvalue weighted by Crippen LogP contribution is -2.52. The van der Waals surface area contributed by atoms with Gasteiger partial charge in [0.05, 0.1) is 6.04 Å². The van der Waals surface area contributed by atoms with Crippen molar-refractivity contribution < 1.29 is 4.79 Å². The van der Waals surface area contributed by atoms with E-state index in [1.807, 2.05) is 4.90 Å². The minimum Gasteiger partial charge on any atom is -0.388 e. The summed E-state index contributed by atoms with van der Waals surface area (Å²) in [7, 11) is 0. The molecular formula is C11H14N6OS. The number of urea groups is 1. The average Bonchev–Trinajstić information content (AvgIpc) is 2.80. The Balaban J connectivity index is 1.85. The minimum atomic E-state index is 0.0124. The second-order valence-electron chi connectivity index (χ2n) is 4.57. The van der Waals surface area contributed by atoms with Gasteiger partial charge in [0.2, 0.25) is 0 Å². The number of nitrogens with one attached hydrogen (secondary N) is 1. The average molecular weight is 278 g/mol. The molecule has 0 radical (unpaired) electrons. The number of piperazine rings is 1. The Morgan fingerprint density at radius 2 is 2.21 bits per heavy atom. The van der Waals surface area contributed by atoms with Gasteiger partial charge in [0.15, 0.2) is 5.82 Å². The lowest BCUT2D eigenvalue weighted by atomic mass is 10.2. The molecule has 2 aliphatic rings. The normalized spacial score (nSPS) is 22.1. The molecule has 1 unspecified atom stereocenters. The zero-order valence-corrected chi connectivity index (χ0v) is 11.1. The van der Waals surface area contributed by atoms with Gasteiger partial charge in [-0.3, -0.25) is 0 Å². The lowest BCUT2D eigenvalue weighted by molar-refractivity contribution is 0.197. The fourth-order valence-electron chi connectivity index (χ4n) is 2.53. The first-order valence-electron chi connectivity index (χ1n) is 6.07. The number of hydrogen-bond donors (Lipinski definition) is 2. The molecule has 0 bridgehead atoms. The zero-order chi connectivity index (χ0) is 13.4. The molecule has 0 spiro atoms. The van der Waals surface area contributed by atoms with Crippen LogP contribution in [-0.2, 0) is 0 Å². The maximum Gasteiger partial charge on any atom is 0.317 e. The fraction of sp³-hybridized carbons (Fsp3) is 0.455. The zero-order valence-electron chi connectivity index (χ0n) is 10.2. The van der Waals surface area contributed by atoms with Crippen molar-refractivity contribution in [3.63, 3.8) is 0 Å². The van der Waals surface area contributed by atoms with Crippen LogP contribution in [0.1, 0.15) is 5.69 Å². The van der Waals surface area contributed by atoms with E-state index >= 15 is 0 Å². The molecule has 19 heavy (non-hydrogen) atoms. The van der Waals surface area contributed by atoms with E-state index in [-0.39, 0.29) is 17.1 Å². The molecule has 1 atom stereocenters. The van der Waals surface area contributed by atoms with Crippen LogP contribution in [0.25, 0.3) is 0 Å². The van der Waals surface area contributed by atoms with Gasteiger partial charge in [-0.2, -0.15) is 0 Å². The second kappa shape index (κ2) is 4.61. The van der Waals surface area contributed by atoms with Gasteiger partial charge in [-0.05, 0) is 0 Å². The summed E-state index contributed by atoms with van der Waals surface area (Å²) in [4.78, 5) is 24.3. The van der Waals surface area contributed by atoms with E-state index in [0.717, 1.165) is 0 Å². The predicted molar refractivity (Wildman–Crippen MR) is 74.0 cm³/mol. The number of nitrogens with two attached hydrogens (primary N) is 1. The van der Waals surface area contributed by atoms with Crippen LogP contribution in [0.2, 0.25) is 0 Å². The maximum absolute atomic E-state index is 11.6. The van der Waals surface area contributed by atoms with Crippen LogP contribution in [-0.4, -0.2) is 58.1 Å². The highest BCUT2D eigenvalue weighted by Crippen LogP contribution is 2.21. The van der Waals surface area contributed by atoms with E-state index in [9.17, 15) is 4.79 Å². The number of fused-ring (bicyclic) bond motifs is 1. The number of carbonyl (C=O) groups is 1. The summed E-state index contributed by atoms with van der Waals surface area (Å²) in [5.41, 5.74) is 6.22. The minimum absolute atomic E-state index is 0.0124. The third kappa shape index (κ3) is 2.07. The Kier molecular flexibility index (Phi) is 2.94. The topological polar surface area (TPSA) is 87.4 Å². The summed E-state index contributed by atoms with van der Waals surface area (Å²) in [5, 5.41) is 2.84. The van der Waals surface area contributed by atoms with Crippen molar-refractivity contribution in [2.75, 3.05) is 31.1 Å². The molecule has 7 nitrogen and oxygen atoms in total. The monoisotopic (exact) mass is 278 g/mol. The van der Waals surface area contributed by atoms with Crippen molar-refractivity contribution in [3.8, 4) is 0 Å². The molecule has 0 aromatic carbocycles. The molecule has 100 valence electrons. The third-order valence-electron chi connectivity index (χ3n) is 3.44. The predicted octanol–water partition coefficient (Wildman–Crippen LogP) is -0.675. The Bertz CT molecular complexity index is 536. The molecule has 1 aromatic heterocycles. The van der Waals surface area contributed by atoms with Crippen molar-refractivity contribution in [2.45, 2.75) is 6.04 Å². The van der Waals surface area contributed by atoms with Crippen molar-refractivity contribution >= 4 is 29.1 Å². The number of hydrogen-bond acceptors (Lipinski definition) is 5. The molecular weight excluding hydrogens is 264 g/mol. The van der Waals surface area contributed by atoms with Crippen molar-refractivity contribution in [1.29, 1.82) is 0 Å². The summed E-state index contributed by atoms with van der Waals surface area (Å²) in [6.07, 6.45) is 3.20. The summed E-state index contributed by atoms with van der Waals surface area (Å²) < 4.78 is 0. The quantitative estimate of drug-likeness (QED) is 0.697. The number of anilines is 1. The van der Waals surface area contributed by atoms with Gasteiger partial charge >= 0.3 is 6.03 Å². The van der Waals surface area contributed by atoms with Gasteiger partial charge in [0.1, 0.15) is 10.7 Å². The van der Waals surface area contributed by atoms with Crippen LogP contribution < -0.4 is 16.0 Å². The smallest absolute Gasteiger partial charge is 0.317 e. The van der Waals surface area contributed by atoms with Crippen molar-refractivity contribution in [2.24, 2.45) is 5.73 Å². The molecule has 2 amide bonds. The van der Waals surface area contributed by atoms with Gasteiger partial charge in [-0.25, -0.2) is 14.8 Å². The molecule has 0 aliphatic carbocycles. The first-order valence-corrected chi connectivity index (χ1v) is 6.48. The number of aromatic nitrogens is 2. The van der Waals surface area contributed by atoms with Gasteiger partial charge in [0.25, 0.3) is 0 Å². The molecule has 2 aliphatic heterocycles. The Morgan fingerprint density at radius 1 is 1.42 bits per heavy atom. The number of rotatable bonds is 2. The van der Waals surface area contributed by atoms with Crippen LogP contribution in [0.4, 0.5) is 10.6 Å². The van der Waals surface area contributed by atoms with Gasteiger partial charge in [-0.15, -0.1) is 0 Å². The van der Waals surface area contributed by atoms with Crippen molar-refractivity contribution in [1.82, 2.24) is 20.2 Å². The number of amides is 2. The largest absolute Gasteiger partial charge is 0.388 e. The number of thiocarbonyl (C=S) groups is 1. The summed E-state index contributed by atoms with van der Waals surface area (Å²) >= 11 is 5.00. The van der Waals surface area contributed by atoms with Crippen LogP contribution in [0.5, 0.6) is 0 Å². The van der Waals surface area contributed by atoms with Crippen LogP contribution in [0, 0.1) is 0 Å². The molecule has 2 fully saturated rings. The maximum atomic E-state index is 11.6. The Labute approximate surface area is 115 Å². The van der Waals surface area contributed by atoms with Gasteiger partial charge in [0, 0.05) is 38.6 Å². The van der Waals surface area contributed by atoms with E-state index in [4.69, 9.17) is 18.0 Å². The summed E-state index contributed by atoms with van der Waals surface area (Å²) in [6.45, 7) is 2.76. The summed E-state index contributed by atoms with van der Waals surface area (Å²) in [5.74, 6) is 0.703. The van der Waals surface area contributed by atoms with E-state index in [1.165, 1.54) is 0 Å². The Morgan fingerprint density at radius 3 is 3.00 bits per heavy atom. The highest BCUT2D eigenvalue weighted by Gasteiger charge is 2.36. The SMILES string of the molecule is NC(=S)c1nccnc1N1CCN2C(=O)NCC2C1.